The second-order valence-electron chi connectivity index (χ2n) is 4.58. The standard InChI is InChI=1S/C15H16O3/c1-10(16)14-8-12-6-4-5-7-13(12)9-15(14,18-3)11(2)17/h4-8H,9H2,1-3H3. The zero-order chi connectivity index (χ0) is 13.3. The fourth-order valence-corrected chi connectivity index (χ4v) is 2.50. The second-order valence-corrected chi connectivity index (χ2v) is 4.58. The van der Waals surface area contributed by atoms with Crippen molar-refractivity contribution in [3.8, 4) is 0 Å². The molecule has 0 saturated carbocycles. The third kappa shape index (κ3) is 1.81. The van der Waals surface area contributed by atoms with Crippen LogP contribution < -0.4 is 0 Å². The quantitative estimate of drug-likeness (QED) is 0.818. The van der Waals surface area contributed by atoms with E-state index in [1.165, 1.54) is 21.0 Å². The van der Waals surface area contributed by atoms with Gasteiger partial charge in [0, 0.05) is 19.1 Å². The van der Waals surface area contributed by atoms with Crippen LogP contribution in [-0.2, 0) is 20.7 Å². The summed E-state index contributed by atoms with van der Waals surface area (Å²) in [5, 5.41) is 0. The molecule has 1 aromatic rings. The average Bonchev–Trinajstić information content (AvgIpc) is 2.36. The predicted octanol–water partition coefficient (Wildman–Crippen LogP) is 2.19. The number of ketones is 2. The van der Waals surface area contributed by atoms with Gasteiger partial charge in [0.15, 0.2) is 17.2 Å². The number of carbonyl (C=O) groups is 2. The van der Waals surface area contributed by atoms with E-state index in [0.29, 0.717) is 12.0 Å². The molecule has 1 aliphatic carbocycles. The van der Waals surface area contributed by atoms with Crippen molar-refractivity contribution < 1.29 is 14.3 Å². The maximum atomic E-state index is 12.0. The number of Topliss-reactive ketones (excluding diaryl/α,β-unsaturated/α-hetero) is 2. The molecule has 0 aliphatic heterocycles. The Kier molecular flexibility index (Phi) is 3.18. The molecule has 1 aromatic carbocycles. The number of hydrogen-bond acceptors (Lipinski definition) is 3. The Hall–Kier alpha value is -1.74. The molecule has 3 nitrogen and oxygen atoms in total. The van der Waals surface area contributed by atoms with Crippen molar-refractivity contribution in [2.45, 2.75) is 25.9 Å². The highest BCUT2D eigenvalue weighted by molar-refractivity contribution is 6.08. The molecule has 2 rings (SSSR count). The molecule has 1 unspecified atom stereocenters. The monoisotopic (exact) mass is 244 g/mol. The highest BCUT2D eigenvalue weighted by Crippen LogP contribution is 2.35. The summed E-state index contributed by atoms with van der Waals surface area (Å²) in [7, 11) is 1.48. The lowest BCUT2D eigenvalue weighted by molar-refractivity contribution is -0.137. The van der Waals surface area contributed by atoms with Crippen LogP contribution in [0.3, 0.4) is 0 Å². The lowest BCUT2D eigenvalue weighted by atomic mass is 9.76. The van der Waals surface area contributed by atoms with E-state index in [2.05, 4.69) is 0 Å². The minimum atomic E-state index is -1.12. The molecule has 3 heteroatoms. The Morgan fingerprint density at radius 1 is 1.22 bits per heavy atom. The normalized spacial score (nSPS) is 22.1. The van der Waals surface area contributed by atoms with E-state index in [-0.39, 0.29) is 11.6 Å². The van der Waals surface area contributed by atoms with Crippen LogP contribution in [0.2, 0.25) is 0 Å². The number of methoxy groups -OCH3 is 1. The molecule has 94 valence electrons. The van der Waals surface area contributed by atoms with E-state index < -0.39 is 5.60 Å². The zero-order valence-corrected chi connectivity index (χ0v) is 10.8. The fraction of sp³-hybridized carbons (Fsp3) is 0.333. The minimum absolute atomic E-state index is 0.124. The number of ether oxygens (including phenoxy) is 1. The Labute approximate surface area is 106 Å². The maximum absolute atomic E-state index is 12.0. The Balaban J connectivity index is 2.65. The van der Waals surface area contributed by atoms with E-state index in [1.54, 1.807) is 6.08 Å². The van der Waals surface area contributed by atoms with Gasteiger partial charge in [-0.05, 0) is 31.1 Å². The lowest BCUT2D eigenvalue weighted by Gasteiger charge is -2.35. The minimum Gasteiger partial charge on any atom is -0.365 e. The van der Waals surface area contributed by atoms with Crippen molar-refractivity contribution in [2.24, 2.45) is 0 Å². The van der Waals surface area contributed by atoms with Gasteiger partial charge in [0.2, 0.25) is 0 Å². The van der Waals surface area contributed by atoms with Gasteiger partial charge in [-0.2, -0.15) is 0 Å². The maximum Gasteiger partial charge on any atom is 0.166 e. The van der Waals surface area contributed by atoms with Crippen molar-refractivity contribution in [3.05, 3.63) is 41.0 Å². The molecule has 0 saturated heterocycles. The smallest absolute Gasteiger partial charge is 0.166 e. The molecule has 1 aliphatic rings. The van der Waals surface area contributed by atoms with Gasteiger partial charge < -0.3 is 4.74 Å². The molecule has 0 spiro atoms. The van der Waals surface area contributed by atoms with Crippen LogP contribution in [-0.4, -0.2) is 24.3 Å². The van der Waals surface area contributed by atoms with Crippen LogP contribution >= 0.6 is 0 Å². The summed E-state index contributed by atoms with van der Waals surface area (Å²) in [4.78, 5) is 23.7. The summed E-state index contributed by atoms with van der Waals surface area (Å²) >= 11 is 0. The van der Waals surface area contributed by atoms with Crippen molar-refractivity contribution in [3.63, 3.8) is 0 Å². The topological polar surface area (TPSA) is 43.4 Å². The first-order valence-electron chi connectivity index (χ1n) is 5.88. The first-order valence-corrected chi connectivity index (χ1v) is 5.88. The molecular weight excluding hydrogens is 228 g/mol. The van der Waals surface area contributed by atoms with Crippen LogP contribution in [0.25, 0.3) is 6.08 Å². The summed E-state index contributed by atoms with van der Waals surface area (Å²) in [5.74, 6) is -0.262. The van der Waals surface area contributed by atoms with Gasteiger partial charge >= 0.3 is 0 Å². The van der Waals surface area contributed by atoms with E-state index in [9.17, 15) is 9.59 Å². The number of benzene rings is 1. The number of carbonyl (C=O) groups excluding carboxylic acids is 2. The number of fused-ring (bicyclic) bond motifs is 1. The van der Waals surface area contributed by atoms with Crippen LogP contribution in [0, 0.1) is 0 Å². The molecule has 0 heterocycles. The summed E-state index contributed by atoms with van der Waals surface area (Å²) in [6, 6.07) is 7.74. The van der Waals surface area contributed by atoms with E-state index in [4.69, 9.17) is 4.74 Å². The largest absolute Gasteiger partial charge is 0.365 e. The molecule has 1 atom stereocenters. The summed E-state index contributed by atoms with van der Waals surface area (Å²) in [5.41, 5.74) is 1.33. The molecule has 0 fully saturated rings. The van der Waals surface area contributed by atoms with E-state index in [1.807, 2.05) is 24.3 Å². The summed E-state index contributed by atoms with van der Waals surface area (Å²) in [6.07, 6.45) is 2.19. The van der Waals surface area contributed by atoms with Gasteiger partial charge in [-0.25, -0.2) is 0 Å². The van der Waals surface area contributed by atoms with Crippen molar-refractivity contribution in [2.75, 3.05) is 7.11 Å². The summed E-state index contributed by atoms with van der Waals surface area (Å²) in [6.45, 7) is 2.94. The first-order chi connectivity index (χ1) is 8.51. The average molecular weight is 244 g/mol. The van der Waals surface area contributed by atoms with Gasteiger partial charge in [0.25, 0.3) is 0 Å². The third-order valence-corrected chi connectivity index (χ3v) is 3.53. The summed E-state index contributed by atoms with van der Waals surface area (Å²) < 4.78 is 5.43. The van der Waals surface area contributed by atoms with Crippen molar-refractivity contribution in [1.82, 2.24) is 0 Å². The Morgan fingerprint density at radius 3 is 2.44 bits per heavy atom. The Bertz CT molecular complexity index is 542. The molecule has 0 amide bonds. The van der Waals surface area contributed by atoms with Gasteiger partial charge in [-0.15, -0.1) is 0 Å². The van der Waals surface area contributed by atoms with Crippen LogP contribution in [0.4, 0.5) is 0 Å². The van der Waals surface area contributed by atoms with Crippen molar-refractivity contribution in [1.29, 1.82) is 0 Å². The number of rotatable bonds is 3. The zero-order valence-electron chi connectivity index (χ0n) is 10.8. The lowest BCUT2D eigenvalue weighted by Crippen LogP contribution is -2.47. The van der Waals surface area contributed by atoms with Gasteiger partial charge in [-0.1, -0.05) is 24.3 Å². The molecule has 0 N–H and O–H groups in total. The SMILES string of the molecule is COC1(C(C)=O)Cc2ccccc2C=C1C(C)=O. The van der Waals surface area contributed by atoms with Gasteiger partial charge in [0.1, 0.15) is 0 Å². The highest BCUT2D eigenvalue weighted by Gasteiger charge is 2.44. The molecule has 0 bridgehead atoms. The molecule has 18 heavy (non-hydrogen) atoms. The Morgan fingerprint density at radius 2 is 1.89 bits per heavy atom. The first kappa shape index (κ1) is 12.7. The van der Waals surface area contributed by atoms with E-state index >= 15 is 0 Å². The third-order valence-electron chi connectivity index (χ3n) is 3.53. The van der Waals surface area contributed by atoms with Crippen LogP contribution in [0.5, 0.6) is 0 Å². The highest BCUT2D eigenvalue weighted by atomic mass is 16.5. The molecule has 0 radical (unpaired) electrons. The van der Waals surface area contributed by atoms with Gasteiger partial charge in [0.05, 0.1) is 0 Å². The molecule has 0 aromatic heterocycles. The van der Waals surface area contributed by atoms with Gasteiger partial charge in [-0.3, -0.25) is 9.59 Å². The van der Waals surface area contributed by atoms with Crippen LogP contribution in [0.15, 0.2) is 29.8 Å². The van der Waals surface area contributed by atoms with Crippen LogP contribution in [0.1, 0.15) is 25.0 Å². The van der Waals surface area contributed by atoms with E-state index in [0.717, 1.165) is 11.1 Å². The van der Waals surface area contributed by atoms with Crippen molar-refractivity contribution >= 4 is 17.6 Å². The second kappa shape index (κ2) is 4.50. The number of hydrogen-bond donors (Lipinski definition) is 0. The predicted molar refractivity (Wildman–Crippen MR) is 69.2 cm³/mol. The molecular formula is C15H16O3. The fourth-order valence-electron chi connectivity index (χ4n) is 2.50.